The number of hydrogen-bond donors (Lipinski definition) is 2. The van der Waals surface area contributed by atoms with Crippen LogP contribution in [0.15, 0.2) is 35.3 Å². The first-order chi connectivity index (χ1) is 8.08. The summed E-state index contributed by atoms with van der Waals surface area (Å²) in [5, 5.41) is 8.82. The van der Waals surface area contributed by atoms with Crippen molar-refractivity contribution in [3.05, 3.63) is 52.1 Å². The predicted molar refractivity (Wildman–Crippen MR) is 62.0 cm³/mol. The largest absolute Gasteiger partial charge is 0.476 e. The molecule has 0 saturated carbocycles. The van der Waals surface area contributed by atoms with Crippen LogP contribution in [-0.4, -0.2) is 21.0 Å². The lowest BCUT2D eigenvalue weighted by Gasteiger charge is -2.02. The number of carboxylic acids is 1. The summed E-state index contributed by atoms with van der Waals surface area (Å²) in [5.41, 5.74) is 1.12. The first-order valence-corrected chi connectivity index (χ1v) is 4.98. The summed E-state index contributed by atoms with van der Waals surface area (Å²) in [6.45, 7) is 1.89. The minimum absolute atomic E-state index is 0.119. The lowest BCUT2D eigenvalue weighted by molar-refractivity contribution is 0.0690. The summed E-state index contributed by atoms with van der Waals surface area (Å²) >= 11 is 0. The Labute approximate surface area is 96.8 Å². The van der Waals surface area contributed by atoms with Crippen molar-refractivity contribution in [2.45, 2.75) is 6.92 Å². The second-order valence-electron chi connectivity index (χ2n) is 3.64. The molecule has 1 heterocycles. The molecule has 0 aliphatic carbocycles. The number of nitrogens with one attached hydrogen (secondary N) is 1. The molecule has 0 spiro atoms. The van der Waals surface area contributed by atoms with E-state index >= 15 is 0 Å². The minimum Gasteiger partial charge on any atom is -0.476 e. The van der Waals surface area contributed by atoms with E-state index in [1.54, 1.807) is 18.2 Å². The van der Waals surface area contributed by atoms with Crippen LogP contribution in [0.1, 0.15) is 16.1 Å². The molecule has 0 fully saturated rings. The Morgan fingerprint density at radius 1 is 1.41 bits per heavy atom. The van der Waals surface area contributed by atoms with Gasteiger partial charge in [-0.3, -0.25) is 4.79 Å². The first-order valence-electron chi connectivity index (χ1n) is 4.98. The summed E-state index contributed by atoms with van der Waals surface area (Å²) in [6, 6.07) is 7.18. The monoisotopic (exact) mass is 230 g/mol. The molecule has 0 bridgehead atoms. The van der Waals surface area contributed by atoms with E-state index in [0.29, 0.717) is 5.56 Å². The van der Waals surface area contributed by atoms with Gasteiger partial charge in [-0.1, -0.05) is 23.8 Å². The van der Waals surface area contributed by atoms with E-state index in [2.05, 4.69) is 9.97 Å². The van der Waals surface area contributed by atoms with Crippen molar-refractivity contribution in [3.63, 3.8) is 0 Å². The summed E-state index contributed by atoms with van der Waals surface area (Å²) in [7, 11) is 0. The fourth-order valence-corrected chi connectivity index (χ4v) is 1.50. The fourth-order valence-electron chi connectivity index (χ4n) is 1.50. The molecule has 17 heavy (non-hydrogen) atoms. The summed E-state index contributed by atoms with van der Waals surface area (Å²) in [5.74, 6) is -1.17. The number of nitrogens with zero attached hydrogens (tertiary/aromatic N) is 1. The molecule has 2 N–H and O–H groups in total. The van der Waals surface area contributed by atoms with Crippen molar-refractivity contribution < 1.29 is 9.90 Å². The maximum atomic E-state index is 11.6. The van der Waals surface area contributed by atoms with Gasteiger partial charge >= 0.3 is 5.97 Å². The standard InChI is InChI=1S/C12H10N2O3/c1-7-3-2-4-8(5-7)10-11(15)13-6-9(14-10)12(16)17/h2-6H,1H3,(H,13,15)(H,16,17). The topological polar surface area (TPSA) is 83.0 Å². The zero-order valence-corrected chi connectivity index (χ0v) is 9.10. The molecule has 1 aromatic carbocycles. The van der Waals surface area contributed by atoms with Crippen molar-refractivity contribution in [2.24, 2.45) is 0 Å². The van der Waals surface area contributed by atoms with Crippen LogP contribution in [0, 0.1) is 6.92 Å². The SMILES string of the molecule is Cc1cccc(-c2nc(C(=O)O)c[nH]c2=O)c1. The molecule has 0 radical (unpaired) electrons. The Bertz CT molecular complexity index is 632. The average molecular weight is 230 g/mol. The molecule has 1 aromatic heterocycles. The average Bonchev–Trinajstić information content (AvgIpc) is 2.29. The lowest BCUT2D eigenvalue weighted by Crippen LogP contribution is -2.15. The van der Waals surface area contributed by atoms with E-state index in [1.807, 2.05) is 13.0 Å². The zero-order valence-electron chi connectivity index (χ0n) is 9.10. The highest BCUT2D eigenvalue weighted by Gasteiger charge is 2.10. The van der Waals surface area contributed by atoms with Crippen LogP contribution in [0.25, 0.3) is 11.3 Å². The van der Waals surface area contributed by atoms with E-state index in [1.165, 1.54) is 0 Å². The molecule has 2 rings (SSSR count). The lowest BCUT2D eigenvalue weighted by atomic mass is 10.1. The molecule has 0 atom stereocenters. The number of aryl methyl sites for hydroxylation is 1. The van der Waals surface area contributed by atoms with Gasteiger partial charge in [0.05, 0.1) is 0 Å². The fraction of sp³-hybridized carbons (Fsp3) is 0.0833. The molecule has 5 nitrogen and oxygen atoms in total. The Morgan fingerprint density at radius 3 is 2.82 bits per heavy atom. The van der Waals surface area contributed by atoms with Gasteiger partial charge in [0.1, 0.15) is 5.69 Å². The van der Waals surface area contributed by atoms with Gasteiger partial charge in [0.2, 0.25) is 0 Å². The quantitative estimate of drug-likeness (QED) is 0.817. The molecule has 0 saturated heterocycles. The molecular weight excluding hydrogens is 220 g/mol. The molecule has 0 amide bonds. The second kappa shape index (κ2) is 4.21. The number of carboxylic acid groups (broad SMARTS) is 1. The Balaban J connectivity index is 2.62. The Hall–Kier alpha value is -2.43. The summed E-state index contributed by atoms with van der Waals surface area (Å²) < 4.78 is 0. The number of aromatic carboxylic acids is 1. The van der Waals surface area contributed by atoms with Crippen LogP contribution in [0.3, 0.4) is 0 Å². The second-order valence-corrected chi connectivity index (χ2v) is 3.64. The van der Waals surface area contributed by atoms with Gasteiger partial charge in [0.15, 0.2) is 5.69 Å². The summed E-state index contributed by atoms with van der Waals surface area (Å²) in [4.78, 5) is 28.6. The summed E-state index contributed by atoms with van der Waals surface area (Å²) in [6.07, 6.45) is 1.09. The number of carbonyl (C=O) groups is 1. The van der Waals surface area contributed by atoms with Crippen molar-refractivity contribution >= 4 is 5.97 Å². The van der Waals surface area contributed by atoms with Crippen molar-refractivity contribution in [2.75, 3.05) is 0 Å². The van der Waals surface area contributed by atoms with E-state index in [0.717, 1.165) is 11.8 Å². The van der Waals surface area contributed by atoms with E-state index in [4.69, 9.17) is 5.11 Å². The molecular formula is C12H10N2O3. The van der Waals surface area contributed by atoms with Crippen LogP contribution in [0.4, 0.5) is 0 Å². The van der Waals surface area contributed by atoms with Crippen LogP contribution in [0.2, 0.25) is 0 Å². The van der Waals surface area contributed by atoms with Crippen molar-refractivity contribution in [3.8, 4) is 11.3 Å². The van der Waals surface area contributed by atoms with Gasteiger partial charge in [0.25, 0.3) is 5.56 Å². The Morgan fingerprint density at radius 2 is 2.18 bits per heavy atom. The highest BCUT2D eigenvalue weighted by Crippen LogP contribution is 2.14. The first kappa shape index (κ1) is 11.1. The number of hydrogen-bond acceptors (Lipinski definition) is 3. The predicted octanol–water partition coefficient (Wildman–Crippen LogP) is 1.44. The van der Waals surface area contributed by atoms with Crippen molar-refractivity contribution in [1.29, 1.82) is 0 Å². The van der Waals surface area contributed by atoms with Gasteiger partial charge in [-0.2, -0.15) is 0 Å². The van der Waals surface area contributed by atoms with E-state index in [9.17, 15) is 9.59 Å². The van der Waals surface area contributed by atoms with Gasteiger partial charge in [-0.15, -0.1) is 0 Å². The van der Waals surface area contributed by atoms with E-state index < -0.39 is 11.5 Å². The van der Waals surface area contributed by atoms with Crippen LogP contribution >= 0.6 is 0 Å². The van der Waals surface area contributed by atoms with Crippen molar-refractivity contribution in [1.82, 2.24) is 9.97 Å². The number of aromatic nitrogens is 2. The zero-order chi connectivity index (χ0) is 12.4. The highest BCUT2D eigenvalue weighted by molar-refractivity contribution is 5.85. The number of H-pyrrole nitrogens is 1. The van der Waals surface area contributed by atoms with Crippen LogP contribution < -0.4 is 5.56 Å². The third kappa shape index (κ3) is 2.23. The maximum Gasteiger partial charge on any atom is 0.356 e. The van der Waals surface area contributed by atoms with Crippen LogP contribution in [-0.2, 0) is 0 Å². The Kier molecular flexibility index (Phi) is 2.74. The van der Waals surface area contributed by atoms with E-state index in [-0.39, 0.29) is 11.4 Å². The van der Waals surface area contributed by atoms with Gasteiger partial charge in [0, 0.05) is 11.8 Å². The third-order valence-corrected chi connectivity index (χ3v) is 2.30. The molecule has 0 aliphatic rings. The van der Waals surface area contributed by atoms with Gasteiger partial charge < -0.3 is 10.1 Å². The van der Waals surface area contributed by atoms with Crippen LogP contribution in [0.5, 0.6) is 0 Å². The number of rotatable bonds is 2. The third-order valence-electron chi connectivity index (χ3n) is 2.30. The minimum atomic E-state index is -1.17. The van der Waals surface area contributed by atoms with Gasteiger partial charge in [-0.25, -0.2) is 9.78 Å². The molecule has 86 valence electrons. The molecule has 5 heteroatoms. The van der Waals surface area contributed by atoms with Gasteiger partial charge in [-0.05, 0) is 13.0 Å². The normalized spacial score (nSPS) is 10.2. The molecule has 2 aromatic rings. The molecule has 0 unspecified atom stereocenters. The smallest absolute Gasteiger partial charge is 0.356 e. The number of aromatic amines is 1. The maximum absolute atomic E-state index is 11.6. The number of benzene rings is 1. The molecule has 0 aliphatic heterocycles. The highest BCUT2D eigenvalue weighted by atomic mass is 16.4.